The number of halogens is 1. The van der Waals surface area contributed by atoms with E-state index in [9.17, 15) is 4.79 Å². The molecule has 0 aliphatic carbocycles. The Morgan fingerprint density at radius 1 is 1.23 bits per heavy atom. The number of hydrogen-bond donors (Lipinski definition) is 1. The zero-order chi connectivity index (χ0) is 21.8. The third kappa shape index (κ3) is 4.81. The summed E-state index contributed by atoms with van der Waals surface area (Å²) in [5.74, 6) is 0.991. The van der Waals surface area contributed by atoms with E-state index in [1.165, 1.54) is 6.20 Å². The minimum absolute atomic E-state index is 0.0454. The fraction of sp³-hybridized carbons (Fsp3) is 0.261. The number of nitrogens with zero attached hydrogens (tertiary/aromatic N) is 5. The van der Waals surface area contributed by atoms with E-state index in [2.05, 4.69) is 26.6 Å². The van der Waals surface area contributed by atoms with Crippen LogP contribution in [0, 0.1) is 24.2 Å². The van der Waals surface area contributed by atoms with Crippen molar-refractivity contribution in [1.29, 1.82) is 5.26 Å². The SMILES string of the molecule is Cc1cc(C(=O)N2C[C@H](CNc3ccc(C#N)cn3)[C@@H](c3ccc(Cl)cc3)C2)cnn1. The van der Waals surface area contributed by atoms with Crippen LogP contribution in [0.5, 0.6) is 0 Å². The van der Waals surface area contributed by atoms with Crippen LogP contribution in [-0.2, 0) is 0 Å². The van der Waals surface area contributed by atoms with Gasteiger partial charge in [0.2, 0.25) is 0 Å². The van der Waals surface area contributed by atoms with Gasteiger partial charge in [0.1, 0.15) is 11.9 Å². The lowest BCUT2D eigenvalue weighted by molar-refractivity contribution is 0.0786. The molecule has 1 aromatic carbocycles. The maximum Gasteiger partial charge on any atom is 0.255 e. The van der Waals surface area contributed by atoms with Gasteiger partial charge in [0.15, 0.2) is 0 Å². The highest BCUT2D eigenvalue weighted by atomic mass is 35.5. The Morgan fingerprint density at radius 2 is 2.03 bits per heavy atom. The van der Waals surface area contributed by atoms with E-state index in [1.54, 1.807) is 24.4 Å². The maximum atomic E-state index is 13.1. The van der Waals surface area contributed by atoms with Gasteiger partial charge in [-0.3, -0.25) is 4.79 Å². The maximum absolute atomic E-state index is 13.1. The molecule has 7 nitrogen and oxygen atoms in total. The van der Waals surface area contributed by atoms with Gasteiger partial charge in [-0.05, 0) is 42.8 Å². The molecule has 1 fully saturated rings. The second kappa shape index (κ2) is 9.11. The van der Waals surface area contributed by atoms with Crippen LogP contribution in [-0.4, -0.2) is 45.6 Å². The minimum Gasteiger partial charge on any atom is -0.370 e. The normalized spacial score (nSPS) is 17.9. The Hall–Kier alpha value is -3.50. The molecule has 4 rings (SSSR count). The quantitative estimate of drug-likeness (QED) is 0.660. The third-order valence-electron chi connectivity index (χ3n) is 5.49. The second-order valence-electron chi connectivity index (χ2n) is 7.64. The lowest BCUT2D eigenvalue weighted by Crippen LogP contribution is -2.30. The summed E-state index contributed by atoms with van der Waals surface area (Å²) in [5, 5.41) is 20.8. The molecule has 156 valence electrons. The minimum atomic E-state index is -0.0454. The lowest BCUT2D eigenvalue weighted by Gasteiger charge is -2.19. The first-order chi connectivity index (χ1) is 15.0. The Bertz CT molecular complexity index is 1110. The van der Waals surface area contributed by atoms with E-state index >= 15 is 0 Å². The van der Waals surface area contributed by atoms with Crippen LogP contribution in [0.25, 0.3) is 0 Å². The molecule has 1 aliphatic rings. The summed E-state index contributed by atoms with van der Waals surface area (Å²) in [5.41, 5.74) is 2.92. The molecule has 2 atom stereocenters. The van der Waals surface area contributed by atoms with Crippen molar-refractivity contribution in [2.45, 2.75) is 12.8 Å². The number of likely N-dealkylation sites (tertiary alicyclic amines) is 1. The Morgan fingerprint density at radius 3 is 2.71 bits per heavy atom. The summed E-state index contributed by atoms with van der Waals surface area (Å²) >= 11 is 6.07. The summed E-state index contributed by atoms with van der Waals surface area (Å²) in [6.45, 7) is 3.68. The molecule has 3 heterocycles. The number of aryl methyl sites for hydroxylation is 1. The zero-order valence-corrected chi connectivity index (χ0v) is 17.8. The van der Waals surface area contributed by atoms with Crippen molar-refractivity contribution in [3.8, 4) is 6.07 Å². The number of pyridine rings is 1. The first kappa shape index (κ1) is 20.8. The van der Waals surface area contributed by atoms with Gasteiger partial charge in [0, 0.05) is 42.7 Å². The van der Waals surface area contributed by atoms with Crippen molar-refractivity contribution in [1.82, 2.24) is 20.1 Å². The van der Waals surface area contributed by atoms with Crippen LogP contribution in [0.2, 0.25) is 5.02 Å². The number of nitriles is 1. The number of carbonyl (C=O) groups is 1. The zero-order valence-electron chi connectivity index (χ0n) is 17.0. The number of hydrogen-bond acceptors (Lipinski definition) is 6. The Labute approximate surface area is 185 Å². The molecule has 0 bridgehead atoms. The molecular weight excluding hydrogens is 412 g/mol. The van der Waals surface area contributed by atoms with Crippen molar-refractivity contribution in [3.05, 3.63) is 82.3 Å². The standard InChI is InChI=1S/C23H21ClN6O/c1-15-8-18(12-28-29-15)23(31)30-13-19(11-27-22-7-2-16(9-25)10-26-22)21(14-30)17-3-5-20(24)6-4-17/h2-8,10,12,19,21H,11,13-14H2,1H3,(H,26,27)/t19-,21+/m0/s1. The summed E-state index contributed by atoms with van der Waals surface area (Å²) in [6.07, 6.45) is 3.06. The predicted octanol–water partition coefficient (Wildman–Crippen LogP) is 3.67. The van der Waals surface area contributed by atoms with Crippen molar-refractivity contribution < 1.29 is 4.79 Å². The first-order valence-electron chi connectivity index (χ1n) is 9.97. The topological polar surface area (TPSA) is 94.8 Å². The van der Waals surface area contributed by atoms with Crippen LogP contribution in [0.15, 0.2) is 54.9 Å². The summed E-state index contributed by atoms with van der Waals surface area (Å²) in [6, 6.07) is 15.2. The summed E-state index contributed by atoms with van der Waals surface area (Å²) < 4.78 is 0. The van der Waals surface area contributed by atoms with Crippen LogP contribution in [0.1, 0.15) is 33.1 Å². The number of carbonyl (C=O) groups excluding carboxylic acids is 1. The van der Waals surface area contributed by atoms with E-state index in [0.29, 0.717) is 47.3 Å². The number of aromatic nitrogens is 3. The van der Waals surface area contributed by atoms with Gasteiger partial charge in [0.25, 0.3) is 5.91 Å². The van der Waals surface area contributed by atoms with Crippen LogP contribution < -0.4 is 5.32 Å². The van der Waals surface area contributed by atoms with Gasteiger partial charge >= 0.3 is 0 Å². The molecule has 0 saturated carbocycles. The van der Waals surface area contributed by atoms with Gasteiger partial charge < -0.3 is 10.2 Å². The lowest BCUT2D eigenvalue weighted by atomic mass is 9.89. The van der Waals surface area contributed by atoms with Gasteiger partial charge in [-0.1, -0.05) is 23.7 Å². The van der Waals surface area contributed by atoms with E-state index in [4.69, 9.17) is 16.9 Å². The smallest absolute Gasteiger partial charge is 0.255 e. The highest BCUT2D eigenvalue weighted by molar-refractivity contribution is 6.30. The van der Waals surface area contributed by atoms with Crippen molar-refractivity contribution in [2.24, 2.45) is 5.92 Å². The van der Waals surface area contributed by atoms with E-state index < -0.39 is 0 Å². The molecule has 1 amide bonds. The van der Waals surface area contributed by atoms with Crippen LogP contribution in [0.4, 0.5) is 5.82 Å². The van der Waals surface area contributed by atoms with Gasteiger partial charge in [0.05, 0.1) is 23.0 Å². The van der Waals surface area contributed by atoms with Crippen molar-refractivity contribution in [3.63, 3.8) is 0 Å². The second-order valence-corrected chi connectivity index (χ2v) is 8.08. The van der Waals surface area contributed by atoms with Crippen LogP contribution >= 0.6 is 11.6 Å². The third-order valence-corrected chi connectivity index (χ3v) is 5.74. The first-order valence-corrected chi connectivity index (χ1v) is 10.4. The van der Waals surface area contributed by atoms with Crippen LogP contribution in [0.3, 0.4) is 0 Å². The fourth-order valence-electron chi connectivity index (χ4n) is 3.90. The molecule has 2 aromatic heterocycles. The number of amides is 1. The molecule has 0 radical (unpaired) electrons. The van der Waals surface area contributed by atoms with Gasteiger partial charge in [-0.15, -0.1) is 0 Å². The van der Waals surface area contributed by atoms with E-state index in [-0.39, 0.29) is 17.7 Å². The van der Waals surface area contributed by atoms with E-state index in [1.807, 2.05) is 36.1 Å². The highest BCUT2D eigenvalue weighted by Crippen LogP contribution is 2.34. The molecule has 3 aromatic rings. The molecule has 1 saturated heterocycles. The number of anilines is 1. The molecular formula is C23H21ClN6O. The number of benzene rings is 1. The van der Waals surface area contributed by atoms with Gasteiger partial charge in [-0.25, -0.2) is 4.98 Å². The molecule has 0 unspecified atom stereocenters. The Balaban J connectivity index is 1.53. The molecule has 0 spiro atoms. The van der Waals surface area contributed by atoms with Crippen molar-refractivity contribution in [2.75, 3.05) is 25.0 Å². The molecule has 1 N–H and O–H groups in total. The largest absolute Gasteiger partial charge is 0.370 e. The van der Waals surface area contributed by atoms with E-state index in [0.717, 1.165) is 5.56 Å². The molecule has 1 aliphatic heterocycles. The number of rotatable bonds is 5. The molecule has 8 heteroatoms. The summed E-state index contributed by atoms with van der Waals surface area (Å²) in [7, 11) is 0. The van der Waals surface area contributed by atoms with Gasteiger partial charge in [-0.2, -0.15) is 15.5 Å². The average molecular weight is 433 g/mol. The monoisotopic (exact) mass is 432 g/mol. The average Bonchev–Trinajstić information content (AvgIpc) is 3.22. The van der Waals surface area contributed by atoms with Crippen molar-refractivity contribution >= 4 is 23.3 Å². The predicted molar refractivity (Wildman–Crippen MR) is 118 cm³/mol. The summed E-state index contributed by atoms with van der Waals surface area (Å²) in [4.78, 5) is 19.2. The number of nitrogens with one attached hydrogen (secondary N) is 1. The highest BCUT2D eigenvalue weighted by Gasteiger charge is 2.36. The fourth-order valence-corrected chi connectivity index (χ4v) is 4.03. The Kier molecular flexibility index (Phi) is 6.10. The molecule has 31 heavy (non-hydrogen) atoms.